The Kier molecular flexibility index (Phi) is 2.13. The van der Waals surface area contributed by atoms with Crippen LogP contribution in [-0.4, -0.2) is 20.6 Å². The summed E-state index contributed by atoms with van der Waals surface area (Å²) in [4.78, 5) is 37.3. The maximum atomic E-state index is 12.1. The summed E-state index contributed by atoms with van der Waals surface area (Å²) in [5.74, 6) is -1.09. The Bertz CT molecular complexity index is 768. The van der Waals surface area contributed by atoms with Gasteiger partial charge in [0.15, 0.2) is 0 Å². The van der Waals surface area contributed by atoms with E-state index in [4.69, 9.17) is 5.11 Å². The SMILES string of the molecule is O=C(O)c1ccc2c(=O)n(C3CC3)c(=O)[nH]c2c1. The number of carboxylic acids is 1. The molecule has 0 saturated heterocycles. The van der Waals surface area contributed by atoms with Gasteiger partial charge < -0.3 is 10.1 Å². The highest BCUT2D eigenvalue weighted by Crippen LogP contribution is 2.32. The lowest BCUT2D eigenvalue weighted by Crippen LogP contribution is -2.34. The van der Waals surface area contributed by atoms with Crippen LogP contribution < -0.4 is 11.2 Å². The van der Waals surface area contributed by atoms with Gasteiger partial charge in [-0.25, -0.2) is 9.59 Å². The van der Waals surface area contributed by atoms with Gasteiger partial charge in [-0.05, 0) is 31.0 Å². The predicted octanol–water partition coefficient (Wildman–Crippen LogP) is 0.723. The lowest BCUT2D eigenvalue weighted by Gasteiger charge is -2.05. The molecule has 0 spiro atoms. The Morgan fingerprint density at radius 3 is 2.67 bits per heavy atom. The molecule has 0 atom stereocenters. The van der Waals surface area contributed by atoms with Gasteiger partial charge in [-0.1, -0.05) is 0 Å². The first-order valence-electron chi connectivity index (χ1n) is 5.60. The van der Waals surface area contributed by atoms with E-state index in [1.165, 1.54) is 22.8 Å². The molecule has 1 aromatic carbocycles. The van der Waals surface area contributed by atoms with Crippen LogP contribution in [-0.2, 0) is 0 Å². The van der Waals surface area contributed by atoms with E-state index in [1.807, 2.05) is 0 Å². The van der Waals surface area contributed by atoms with Crippen LogP contribution in [0.1, 0.15) is 29.2 Å². The number of benzene rings is 1. The Morgan fingerprint density at radius 2 is 2.06 bits per heavy atom. The number of hydrogen-bond donors (Lipinski definition) is 2. The molecular formula is C12H10N2O4. The van der Waals surface area contributed by atoms with Crippen molar-refractivity contribution in [2.75, 3.05) is 0 Å². The molecule has 1 aromatic heterocycles. The number of hydrogen-bond acceptors (Lipinski definition) is 3. The van der Waals surface area contributed by atoms with Gasteiger partial charge in [-0.3, -0.25) is 9.36 Å². The third-order valence-corrected chi connectivity index (χ3v) is 3.09. The zero-order chi connectivity index (χ0) is 12.9. The average molecular weight is 246 g/mol. The van der Waals surface area contributed by atoms with E-state index in [-0.39, 0.29) is 22.7 Å². The molecule has 0 aliphatic heterocycles. The largest absolute Gasteiger partial charge is 0.478 e. The maximum Gasteiger partial charge on any atom is 0.335 e. The Labute approximate surface area is 100 Å². The van der Waals surface area contributed by atoms with Crippen LogP contribution in [0.3, 0.4) is 0 Å². The molecule has 18 heavy (non-hydrogen) atoms. The highest BCUT2D eigenvalue weighted by atomic mass is 16.4. The van der Waals surface area contributed by atoms with Crippen molar-refractivity contribution >= 4 is 16.9 Å². The maximum absolute atomic E-state index is 12.1. The number of aromatic amines is 1. The average Bonchev–Trinajstić information content (AvgIpc) is 3.12. The second-order valence-corrected chi connectivity index (χ2v) is 4.40. The minimum Gasteiger partial charge on any atom is -0.478 e. The summed E-state index contributed by atoms with van der Waals surface area (Å²) >= 11 is 0. The molecule has 92 valence electrons. The highest BCUT2D eigenvalue weighted by molar-refractivity contribution is 5.92. The fourth-order valence-electron chi connectivity index (χ4n) is 2.03. The zero-order valence-electron chi connectivity index (χ0n) is 9.34. The van der Waals surface area contributed by atoms with Crippen LogP contribution in [0.15, 0.2) is 27.8 Å². The van der Waals surface area contributed by atoms with Crippen molar-refractivity contribution in [3.8, 4) is 0 Å². The van der Waals surface area contributed by atoms with E-state index >= 15 is 0 Å². The summed E-state index contributed by atoms with van der Waals surface area (Å²) in [6.45, 7) is 0. The van der Waals surface area contributed by atoms with E-state index in [2.05, 4.69) is 4.98 Å². The third kappa shape index (κ3) is 1.54. The molecule has 1 aliphatic rings. The predicted molar refractivity (Wildman–Crippen MR) is 64.1 cm³/mol. The van der Waals surface area contributed by atoms with Gasteiger partial charge in [-0.2, -0.15) is 0 Å². The summed E-state index contributed by atoms with van der Waals surface area (Å²) in [5.41, 5.74) is -0.519. The fourth-order valence-corrected chi connectivity index (χ4v) is 2.03. The van der Waals surface area contributed by atoms with E-state index in [0.717, 1.165) is 12.8 Å². The van der Waals surface area contributed by atoms with Crippen molar-refractivity contribution in [2.24, 2.45) is 0 Å². The number of rotatable bonds is 2. The highest BCUT2D eigenvalue weighted by Gasteiger charge is 2.27. The summed E-state index contributed by atoms with van der Waals surface area (Å²) in [7, 11) is 0. The molecule has 0 amide bonds. The Morgan fingerprint density at radius 1 is 1.33 bits per heavy atom. The minimum atomic E-state index is -1.09. The van der Waals surface area contributed by atoms with Crippen LogP contribution >= 0.6 is 0 Å². The van der Waals surface area contributed by atoms with Gasteiger partial charge >= 0.3 is 11.7 Å². The standard InChI is InChI=1S/C12H10N2O4/c15-10-8-4-1-6(11(16)17)5-9(8)13-12(18)14(10)7-2-3-7/h1,4-5,7H,2-3H2,(H,13,18)(H,16,17). The second kappa shape index (κ2) is 3.56. The number of nitrogens with zero attached hydrogens (tertiary/aromatic N) is 1. The molecule has 3 rings (SSSR count). The van der Waals surface area contributed by atoms with Crippen molar-refractivity contribution in [3.63, 3.8) is 0 Å². The van der Waals surface area contributed by atoms with Gasteiger partial charge in [0.05, 0.1) is 16.5 Å². The minimum absolute atomic E-state index is 0.00944. The number of H-pyrrole nitrogens is 1. The van der Waals surface area contributed by atoms with Crippen molar-refractivity contribution in [1.82, 2.24) is 9.55 Å². The molecule has 1 aliphatic carbocycles. The smallest absolute Gasteiger partial charge is 0.335 e. The van der Waals surface area contributed by atoms with E-state index < -0.39 is 11.7 Å². The van der Waals surface area contributed by atoms with Crippen LogP contribution in [0.2, 0.25) is 0 Å². The second-order valence-electron chi connectivity index (χ2n) is 4.40. The number of aromatic nitrogens is 2. The van der Waals surface area contributed by atoms with Gasteiger partial charge in [0, 0.05) is 6.04 Å². The molecule has 6 heteroatoms. The monoisotopic (exact) mass is 246 g/mol. The van der Waals surface area contributed by atoms with Crippen molar-refractivity contribution < 1.29 is 9.90 Å². The van der Waals surface area contributed by atoms with Crippen LogP contribution in [0.5, 0.6) is 0 Å². The first-order valence-corrected chi connectivity index (χ1v) is 5.60. The van der Waals surface area contributed by atoms with E-state index in [0.29, 0.717) is 5.39 Å². The third-order valence-electron chi connectivity index (χ3n) is 3.09. The summed E-state index contributed by atoms with van der Waals surface area (Å²) in [6.07, 6.45) is 1.67. The lowest BCUT2D eigenvalue weighted by molar-refractivity contribution is 0.0697. The van der Waals surface area contributed by atoms with Crippen molar-refractivity contribution in [1.29, 1.82) is 0 Å². The first kappa shape index (κ1) is 10.8. The van der Waals surface area contributed by atoms with Gasteiger partial charge in [-0.15, -0.1) is 0 Å². The number of carboxylic acid groups (broad SMARTS) is 1. The molecule has 2 aromatic rings. The van der Waals surface area contributed by atoms with Crippen LogP contribution in [0.25, 0.3) is 10.9 Å². The molecule has 1 fully saturated rings. The zero-order valence-corrected chi connectivity index (χ0v) is 9.34. The van der Waals surface area contributed by atoms with Crippen LogP contribution in [0, 0.1) is 0 Å². The van der Waals surface area contributed by atoms with E-state index in [9.17, 15) is 14.4 Å². The van der Waals surface area contributed by atoms with E-state index in [1.54, 1.807) is 0 Å². The first-order chi connectivity index (χ1) is 8.58. The van der Waals surface area contributed by atoms with Crippen LogP contribution in [0.4, 0.5) is 0 Å². The molecule has 0 bridgehead atoms. The summed E-state index contributed by atoms with van der Waals surface area (Å²) < 4.78 is 1.21. The molecular weight excluding hydrogens is 236 g/mol. The number of aromatic carboxylic acids is 1. The van der Waals surface area contributed by atoms with Gasteiger partial charge in [0.25, 0.3) is 5.56 Å². The molecule has 1 saturated carbocycles. The van der Waals surface area contributed by atoms with Gasteiger partial charge in [0.1, 0.15) is 0 Å². The number of carbonyl (C=O) groups is 1. The molecule has 0 unspecified atom stereocenters. The Balaban J connectivity index is 2.34. The van der Waals surface area contributed by atoms with Crippen molar-refractivity contribution in [2.45, 2.75) is 18.9 Å². The quantitative estimate of drug-likeness (QED) is 0.816. The molecule has 0 radical (unpaired) electrons. The normalized spacial score (nSPS) is 14.9. The molecule has 2 N–H and O–H groups in total. The topological polar surface area (TPSA) is 92.2 Å². The number of fused-ring (bicyclic) bond motifs is 1. The fraction of sp³-hybridized carbons (Fsp3) is 0.250. The lowest BCUT2D eigenvalue weighted by atomic mass is 10.1. The molecule has 1 heterocycles. The van der Waals surface area contributed by atoms with Gasteiger partial charge in [0.2, 0.25) is 0 Å². The van der Waals surface area contributed by atoms with Crippen molar-refractivity contribution in [3.05, 3.63) is 44.6 Å². The molecule has 6 nitrogen and oxygen atoms in total. The summed E-state index contributed by atoms with van der Waals surface area (Å²) in [5, 5.41) is 9.20. The Hall–Kier alpha value is -2.37. The number of nitrogens with one attached hydrogen (secondary N) is 1. The summed E-state index contributed by atoms with van der Waals surface area (Å²) in [6, 6.07) is 4.10.